The van der Waals surface area contributed by atoms with Gasteiger partial charge in [-0.2, -0.15) is 0 Å². The fourth-order valence-corrected chi connectivity index (χ4v) is 2.71. The van der Waals surface area contributed by atoms with E-state index >= 15 is 0 Å². The van der Waals surface area contributed by atoms with E-state index < -0.39 is 0 Å². The first-order chi connectivity index (χ1) is 10.3. The summed E-state index contributed by atoms with van der Waals surface area (Å²) in [5.41, 5.74) is 2.18. The van der Waals surface area contributed by atoms with Gasteiger partial charge >= 0.3 is 0 Å². The Labute approximate surface area is 130 Å². The average molecular weight is 302 g/mol. The van der Waals surface area contributed by atoms with Crippen LogP contribution in [0.5, 0.6) is 5.75 Å². The zero-order valence-corrected chi connectivity index (χ0v) is 13.3. The van der Waals surface area contributed by atoms with Crippen LogP contribution in [0.2, 0.25) is 0 Å². The van der Waals surface area contributed by atoms with E-state index in [1.807, 2.05) is 18.2 Å². The van der Waals surface area contributed by atoms with Crippen molar-refractivity contribution in [2.45, 2.75) is 19.8 Å². The zero-order chi connectivity index (χ0) is 14.9. The fraction of sp³-hybridized carbons (Fsp3) is 0.353. The van der Waals surface area contributed by atoms with Crippen molar-refractivity contribution in [3.8, 4) is 17.0 Å². The number of benzene rings is 1. The van der Waals surface area contributed by atoms with Crippen molar-refractivity contribution in [2.75, 3.05) is 19.7 Å². The van der Waals surface area contributed by atoms with Gasteiger partial charge in [0.1, 0.15) is 5.75 Å². The van der Waals surface area contributed by atoms with Crippen LogP contribution in [0.15, 0.2) is 42.3 Å². The van der Waals surface area contributed by atoms with Crippen molar-refractivity contribution in [1.82, 2.24) is 10.3 Å². The van der Waals surface area contributed by atoms with Gasteiger partial charge in [0.05, 0.1) is 17.3 Å². The highest BCUT2D eigenvalue weighted by Crippen LogP contribution is 2.24. The molecule has 0 spiro atoms. The van der Waals surface area contributed by atoms with E-state index in [-0.39, 0.29) is 0 Å². The van der Waals surface area contributed by atoms with Gasteiger partial charge in [0.25, 0.3) is 0 Å². The molecule has 0 bridgehead atoms. The van der Waals surface area contributed by atoms with Crippen LogP contribution in [-0.2, 0) is 6.42 Å². The Morgan fingerprint density at radius 3 is 2.86 bits per heavy atom. The van der Waals surface area contributed by atoms with Crippen molar-refractivity contribution >= 4 is 11.3 Å². The first-order valence-corrected chi connectivity index (χ1v) is 8.20. The summed E-state index contributed by atoms with van der Waals surface area (Å²) in [6, 6.07) is 8.16. The Bertz CT molecular complexity index is 548. The van der Waals surface area contributed by atoms with Gasteiger partial charge in [-0.25, -0.2) is 4.98 Å². The molecular weight excluding hydrogens is 280 g/mol. The Balaban J connectivity index is 1.92. The first-order valence-electron chi connectivity index (χ1n) is 7.32. The summed E-state index contributed by atoms with van der Waals surface area (Å²) in [7, 11) is 0. The number of thiazole rings is 1. The molecule has 3 nitrogen and oxygen atoms in total. The topological polar surface area (TPSA) is 34.2 Å². The fourth-order valence-electron chi connectivity index (χ4n) is 1.90. The molecule has 0 saturated heterocycles. The Hall–Kier alpha value is -1.65. The van der Waals surface area contributed by atoms with Crippen LogP contribution >= 0.6 is 11.3 Å². The summed E-state index contributed by atoms with van der Waals surface area (Å²) in [5, 5.41) is 6.57. The molecule has 112 valence electrons. The Kier molecular flexibility index (Phi) is 6.44. The molecule has 0 saturated carbocycles. The molecule has 4 heteroatoms. The SMILES string of the molecule is C=CCNCCc1nc(-c2ccc(OCCC)cc2)cs1. The predicted molar refractivity (Wildman–Crippen MR) is 90.1 cm³/mol. The minimum absolute atomic E-state index is 0.762. The number of ether oxygens (including phenoxy) is 1. The zero-order valence-electron chi connectivity index (χ0n) is 12.5. The molecule has 0 aliphatic carbocycles. The van der Waals surface area contributed by atoms with Gasteiger partial charge in [0.2, 0.25) is 0 Å². The molecule has 0 aliphatic heterocycles. The second kappa shape index (κ2) is 8.60. The number of hydrogen-bond donors (Lipinski definition) is 1. The molecule has 0 unspecified atom stereocenters. The van der Waals surface area contributed by atoms with E-state index in [2.05, 4.69) is 41.3 Å². The molecule has 2 rings (SSSR count). The van der Waals surface area contributed by atoms with Gasteiger partial charge in [-0.05, 0) is 30.7 Å². The molecule has 0 amide bonds. The Morgan fingerprint density at radius 2 is 2.14 bits per heavy atom. The maximum absolute atomic E-state index is 5.59. The van der Waals surface area contributed by atoms with Gasteiger partial charge in [-0.3, -0.25) is 0 Å². The van der Waals surface area contributed by atoms with Crippen molar-refractivity contribution < 1.29 is 4.74 Å². The molecular formula is C17H22N2OS. The van der Waals surface area contributed by atoms with E-state index in [9.17, 15) is 0 Å². The third-order valence-electron chi connectivity index (χ3n) is 2.98. The lowest BCUT2D eigenvalue weighted by Crippen LogP contribution is -2.16. The average Bonchev–Trinajstić information content (AvgIpc) is 2.99. The van der Waals surface area contributed by atoms with Crippen LogP contribution in [0.25, 0.3) is 11.3 Å². The quantitative estimate of drug-likeness (QED) is 0.563. The lowest BCUT2D eigenvalue weighted by atomic mass is 10.2. The summed E-state index contributed by atoms with van der Waals surface area (Å²) in [5.74, 6) is 0.921. The summed E-state index contributed by atoms with van der Waals surface area (Å²) < 4.78 is 5.59. The Morgan fingerprint density at radius 1 is 1.33 bits per heavy atom. The molecule has 0 aliphatic rings. The summed E-state index contributed by atoms with van der Waals surface area (Å²) in [6.07, 6.45) is 3.85. The molecule has 0 fully saturated rings. The summed E-state index contributed by atoms with van der Waals surface area (Å²) in [6.45, 7) is 8.33. The third kappa shape index (κ3) is 4.99. The van der Waals surface area contributed by atoms with Crippen molar-refractivity contribution in [2.24, 2.45) is 0 Å². The highest BCUT2D eigenvalue weighted by atomic mass is 32.1. The molecule has 21 heavy (non-hydrogen) atoms. The van der Waals surface area contributed by atoms with Gasteiger partial charge < -0.3 is 10.1 Å². The number of nitrogens with one attached hydrogen (secondary N) is 1. The lowest BCUT2D eigenvalue weighted by molar-refractivity contribution is 0.317. The molecule has 0 atom stereocenters. The highest BCUT2D eigenvalue weighted by molar-refractivity contribution is 7.09. The van der Waals surface area contributed by atoms with E-state index in [1.54, 1.807) is 11.3 Å². The maximum Gasteiger partial charge on any atom is 0.119 e. The minimum Gasteiger partial charge on any atom is -0.494 e. The normalized spacial score (nSPS) is 10.5. The van der Waals surface area contributed by atoms with Crippen LogP contribution in [0, 0.1) is 0 Å². The number of hydrogen-bond acceptors (Lipinski definition) is 4. The van der Waals surface area contributed by atoms with E-state index in [4.69, 9.17) is 4.74 Å². The molecule has 1 aromatic carbocycles. The third-order valence-corrected chi connectivity index (χ3v) is 3.89. The van der Waals surface area contributed by atoms with Crippen LogP contribution in [0.4, 0.5) is 0 Å². The minimum atomic E-state index is 0.762. The van der Waals surface area contributed by atoms with E-state index in [1.165, 1.54) is 0 Å². The van der Waals surface area contributed by atoms with Gasteiger partial charge in [0, 0.05) is 30.5 Å². The van der Waals surface area contributed by atoms with Crippen molar-refractivity contribution in [3.63, 3.8) is 0 Å². The molecule has 0 radical (unpaired) electrons. The molecule has 1 aromatic heterocycles. The van der Waals surface area contributed by atoms with Crippen LogP contribution < -0.4 is 10.1 Å². The van der Waals surface area contributed by atoms with Gasteiger partial charge in [0.15, 0.2) is 0 Å². The van der Waals surface area contributed by atoms with Crippen LogP contribution in [-0.4, -0.2) is 24.7 Å². The number of nitrogens with zero attached hydrogens (tertiary/aromatic N) is 1. The van der Waals surface area contributed by atoms with Crippen LogP contribution in [0.3, 0.4) is 0 Å². The summed E-state index contributed by atoms with van der Waals surface area (Å²) in [4.78, 5) is 4.68. The van der Waals surface area contributed by atoms with Gasteiger partial charge in [-0.1, -0.05) is 13.0 Å². The molecule has 2 aromatic rings. The smallest absolute Gasteiger partial charge is 0.119 e. The standard InChI is InChI=1S/C17H22N2OS/c1-3-10-18-11-9-17-19-16(13-21-17)14-5-7-15(8-6-14)20-12-4-2/h3,5-8,13,18H,1,4,9-12H2,2H3. The largest absolute Gasteiger partial charge is 0.494 e. The molecule has 1 heterocycles. The van der Waals surface area contributed by atoms with E-state index in [0.717, 1.165) is 54.6 Å². The monoisotopic (exact) mass is 302 g/mol. The highest BCUT2D eigenvalue weighted by Gasteiger charge is 2.04. The second-order valence-electron chi connectivity index (χ2n) is 4.74. The lowest BCUT2D eigenvalue weighted by Gasteiger charge is -2.04. The molecule has 1 N–H and O–H groups in total. The van der Waals surface area contributed by atoms with Crippen molar-refractivity contribution in [1.29, 1.82) is 0 Å². The summed E-state index contributed by atoms with van der Waals surface area (Å²) >= 11 is 1.71. The van der Waals surface area contributed by atoms with E-state index in [0.29, 0.717) is 0 Å². The number of aromatic nitrogens is 1. The number of rotatable bonds is 9. The van der Waals surface area contributed by atoms with Crippen LogP contribution in [0.1, 0.15) is 18.4 Å². The maximum atomic E-state index is 5.59. The van der Waals surface area contributed by atoms with Crippen molar-refractivity contribution in [3.05, 3.63) is 47.3 Å². The predicted octanol–water partition coefficient (Wildman–Crippen LogP) is 3.92. The second-order valence-corrected chi connectivity index (χ2v) is 5.68. The first kappa shape index (κ1) is 15.7. The van der Waals surface area contributed by atoms with Gasteiger partial charge in [-0.15, -0.1) is 17.9 Å².